The van der Waals surface area contributed by atoms with Crippen molar-refractivity contribution in [2.24, 2.45) is 0 Å². The van der Waals surface area contributed by atoms with Crippen molar-refractivity contribution in [3.63, 3.8) is 0 Å². The molecule has 1 heterocycles. The van der Waals surface area contributed by atoms with Crippen molar-refractivity contribution in [1.29, 1.82) is 0 Å². The summed E-state index contributed by atoms with van der Waals surface area (Å²) in [5, 5.41) is 10.4. The zero-order valence-corrected chi connectivity index (χ0v) is 21.3. The third kappa shape index (κ3) is 5.70. The van der Waals surface area contributed by atoms with Crippen LogP contribution in [0.5, 0.6) is 11.5 Å². The van der Waals surface area contributed by atoms with Crippen LogP contribution in [0.15, 0.2) is 71.6 Å². The van der Waals surface area contributed by atoms with Crippen molar-refractivity contribution in [2.45, 2.75) is 36.7 Å². The quantitative estimate of drug-likeness (QED) is 0.267. The molecule has 0 amide bonds. The highest BCUT2D eigenvalue weighted by atomic mass is 35.5. The number of fused-ring (bicyclic) bond motifs is 1. The molecule has 182 valence electrons. The molecular weight excluding hydrogens is 507 g/mol. The number of phenolic OH excluding ortho intramolecular Hbond substituents is 1. The zero-order chi connectivity index (χ0) is 25.0. The molecule has 1 aromatic heterocycles. The lowest BCUT2D eigenvalue weighted by atomic mass is 10.0. The minimum atomic E-state index is -3.89. The van der Waals surface area contributed by atoms with Gasteiger partial charge in [-0.15, -0.1) is 23.2 Å². The van der Waals surface area contributed by atoms with Crippen LogP contribution in [0.1, 0.15) is 27.9 Å². The Morgan fingerprint density at radius 1 is 0.943 bits per heavy atom. The second kappa shape index (κ2) is 10.8. The zero-order valence-electron chi connectivity index (χ0n) is 19.0. The van der Waals surface area contributed by atoms with Gasteiger partial charge in [-0.05, 0) is 59.5 Å². The fourth-order valence-electron chi connectivity index (χ4n) is 3.78. The van der Waals surface area contributed by atoms with Gasteiger partial charge >= 0.3 is 0 Å². The molecule has 0 bridgehead atoms. The summed E-state index contributed by atoms with van der Waals surface area (Å²) in [6.45, 7) is 2.06. The SMILES string of the molecule is Cc1ccc2cccc(OCc3c(CCl)ccc(S(=O)(=O)NCc4ccc(O)cc4)c3CCl)c2n1. The van der Waals surface area contributed by atoms with E-state index in [1.54, 1.807) is 18.2 Å². The van der Waals surface area contributed by atoms with Crippen LogP contribution in [-0.2, 0) is 34.9 Å². The maximum Gasteiger partial charge on any atom is 0.241 e. The molecule has 0 saturated heterocycles. The summed E-state index contributed by atoms with van der Waals surface area (Å²) >= 11 is 12.5. The number of aromatic nitrogens is 1. The number of benzene rings is 3. The normalized spacial score (nSPS) is 11.6. The minimum absolute atomic E-state index is 0.0359. The van der Waals surface area contributed by atoms with Gasteiger partial charge in [0, 0.05) is 29.4 Å². The monoisotopic (exact) mass is 530 g/mol. The van der Waals surface area contributed by atoms with Crippen molar-refractivity contribution in [3.05, 3.63) is 94.7 Å². The van der Waals surface area contributed by atoms with Crippen LogP contribution < -0.4 is 9.46 Å². The Morgan fingerprint density at radius 2 is 1.71 bits per heavy atom. The van der Waals surface area contributed by atoms with Gasteiger partial charge in [-0.25, -0.2) is 18.1 Å². The molecule has 6 nitrogen and oxygen atoms in total. The van der Waals surface area contributed by atoms with Crippen molar-refractivity contribution >= 4 is 44.1 Å². The topological polar surface area (TPSA) is 88.5 Å². The first-order chi connectivity index (χ1) is 16.8. The number of sulfonamides is 1. The summed E-state index contributed by atoms with van der Waals surface area (Å²) in [7, 11) is -3.89. The molecular formula is C26H24Cl2N2O4S. The average Bonchev–Trinajstić information content (AvgIpc) is 2.86. The highest BCUT2D eigenvalue weighted by Gasteiger charge is 2.23. The molecule has 0 unspecified atom stereocenters. The molecule has 0 atom stereocenters. The van der Waals surface area contributed by atoms with Crippen LogP contribution in [0.25, 0.3) is 10.9 Å². The number of pyridine rings is 1. The molecule has 9 heteroatoms. The smallest absolute Gasteiger partial charge is 0.241 e. The summed E-state index contributed by atoms with van der Waals surface area (Å²) < 4.78 is 35.1. The number of nitrogens with one attached hydrogen (secondary N) is 1. The van der Waals surface area contributed by atoms with E-state index in [4.69, 9.17) is 27.9 Å². The third-order valence-electron chi connectivity index (χ3n) is 5.65. The van der Waals surface area contributed by atoms with E-state index in [2.05, 4.69) is 9.71 Å². The molecule has 0 aliphatic rings. The highest BCUT2D eigenvalue weighted by molar-refractivity contribution is 7.89. The maximum atomic E-state index is 13.2. The van der Waals surface area contributed by atoms with E-state index < -0.39 is 10.0 Å². The Hall–Kier alpha value is -2.84. The van der Waals surface area contributed by atoms with Gasteiger partial charge in [-0.2, -0.15) is 0 Å². The fourth-order valence-corrected chi connectivity index (χ4v) is 5.69. The number of aromatic hydroxyl groups is 1. The lowest BCUT2D eigenvalue weighted by Crippen LogP contribution is -2.25. The Balaban J connectivity index is 1.65. The van der Waals surface area contributed by atoms with Gasteiger partial charge < -0.3 is 9.84 Å². The maximum absolute atomic E-state index is 13.2. The van der Waals surface area contributed by atoms with E-state index in [9.17, 15) is 13.5 Å². The fraction of sp³-hybridized carbons (Fsp3) is 0.192. The molecule has 4 aromatic rings. The Morgan fingerprint density at radius 3 is 2.43 bits per heavy atom. The molecule has 0 radical (unpaired) electrons. The summed E-state index contributed by atoms with van der Waals surface area (Å²) in [5.74, 6) is 0.840. The van der Waals surface area contributed by atoms with E-state index in [0.717, 1.165) is 22.2 Å². The number of hydrogen-bond donors (Lipinski definition) is 2. The molecule has 3 aromatic carbocycles. The van der Waals surface area contributed by atoms with E-state index in [1.165, 1.54) is 18.2 Å². The van der Waals surface area contributed by atoms with E-state index in [-0.39, 0.29) is 35.6 Å². The number of hydrogen-bond acceptors (Lipinski definition) is 5. The summed E-state index contributed by atoms with van der Waals surface area (Å²) in [5.41, 5.74) is 4.11. The van der Waals surface area contributed by atoms with Crippen molar-refractivity contribution in [1.82, 2.24) is 9.71 Å². The number of halogens is 2. The first-order valence-corrected chi connectivity index (χ1v) is 13.4. The third-order valence-corrected chi connectivity index (χ3v) is 7.69. The largest absolute Gasteiger partial charge is 0.508 e. The predicted molar refractivity (Wildman–Crippen MR) is 139 cm³/mol. The first kappa shape index (κ1) is 25.3. The molecule has 2 N–H and O–H groups in total. The summed E-state index contributed by atoms with van der Waals surface area (Å²) in [6, 6.07) is 19.1. The number of nitrogens with zero attached hydrogens (tertiary/aromatic N) is 1. The Bertz CT molecular complexity index is 1460. The number of alkyl halides is 2. The predicted octanol–water partition coefficient (Wildman–Crippen LogP) is 5.78. The number of para-hydroxylation sites is 1. The van der Waals surface area contributed by atoms with Crippen LogP contribution in [0.3, 0.4) is 0 Å². The number of rotatable bonds is 9. The van der Waals surface area contributed by atoms with E-state index in [1.807, 2.05) is 37.3 Å². The summed E-state index contributed by atoms with van der Waals surface area (Å²) in [6.07, 6.45) is 0. The first-order valence-electron chi connectivity index (χ1n) is 10.8. The van der Waals surface area contributed by atoms with Gasteiger partial charge in [0.05, 0.1) is 4.90 Å². The van der Waals surface area contributed by atoms with Crippen molar-refractivity contribution < 1.29 is 18.3 Å². The molecule has 0 aliphatic carbocycles. The highest BCUT2D eigenvalue weighted by Crippen LogP contribution is 2.30. The van der Waals surface area contributed by atoms with Gasteiger partial charge in [0.1, 0.15) is 23.6 Å². The van der Waals surface area contributed by atoms with Gasteiger partial charge in [-0.3, -0.25) is 0 Å². The van der Waals surface area contributed by atoms with Gasteiger partial charge in [-0.1, -0.05) is 36.4 Å². The Kier molecular flexibility index (Phi) is 7.82. The summed E-state index contributed by atoms with van der Waals surface area (Å²) in [4.78, 5) is 4.66. The molecule has 0 spiro atoms. The van der Waals surface area contributed by atoms with Crippen LogP contribution in [0.4, 0.5) is 0 Å². The molecule has 35 heavy (non-hydrogen) atoms. The lowest BCUT2D eigenvalue weighted by Gasteiger charge is -2.18. The number of ether oxygens (including phenoxy) is 1. The number of phenols is 1. The van der Waals surface area contributed by atoms with E-state index in [0.29, 0.717) is 22.4 Å². The average molecular weight is 531 g/mol. The lowest BCUT2D eigenvalue weighted by molar-refractivity contribution is 0.307. The van der Waals surface area contributed by atoms with Crippen molar-refractivity contribution in [3.8, 4) is 11.5 Å². The molecule has 0 saturated carbocycles. The minimum Gasteiger partial charge on any atom is -0.508 e. The van der Waals surface area contributed by atoms with Crippen LogP contribution in [0, 0.1) is 6.92 Å². The molecule has 0 fully saturated rings. The molecule has 0 aliphatic heterocycles. The van der Waals surface area contributed by atoms with Gasteiger partial charge in [0.2, 0.25) is 10.0 Å². The van der Waals surface area contributed by atoms with Crippen molar-refractivity contribution in [2.75, 3.05) is 0 Å². The van der Waals surface area contributed by atoms with E-state index >= 15 is 0 Å². The molecule has 4 rings (SSSR count). The Labute approximate surface area is 214 Å². The van der Waals surface area contributed by atoms with Gasteiger partial charge in [0.15, 0.2) is 0 Å². The second-order valence-electron chi connectivity index (χ2n) is 8.01. The number of aryl methyl sites for hydroxylation is 1. The van der Waals surface area contributed by atoms with Gasteiger partial charge in [0.25, 0.3) is 0 Å². The van der Waals surface area contributed by atoms with Crippen LogP contribution in [-0.4, -0.2) is 18.5 Å². The van der Waals surface area contributed by atoms with Crippen LogP contribution >= 0.6 is 23.2 Å². The second-order valence-corrected chi connectivity index (χ2v) is 10.3. The van der Waals surface area contributed by atoms with Crippen LogP contribution in [0.2, 0.25) is 0 Å². The standard InChI is InChI=1S/C26H24Cl2N2O4S/c1-17-5-8-19-3-2-4-24(26(19)30-17)34-16-23-20(13-27)9-12-25(22(23)14-28)35(32,33)29-15-18-6-10-21(31)11-7-18/h2-12,29,31H,13-16H2,1H3.